The molecule has 1 aromatic rings. The van der Waals surface area contributed by atoms with Gasteiger partial charge in [-0.05, 0) is 46.6 Å². The van der Waals surface area contributed by atoms with Gasteiger partial charge in [-0.25, -0.2) is 0 Å². The molecule has 0 fully saturated rings. The monoisotopic (exact) mass is 373 g/mol. The first kappa shape index (κ1) is 23.1. The number of hydrogen-bond acceptors (Lipinski definition) is 4. The molecule has 1 rings (SSSR count). The Labute approximate surface area is 164 Å². The number of carbonyl (C=O) groups excluding carboxylic acids is 1. The topological polar surface area (TPSA) is 49.8 Å². The van der Waals surface area contributed by atoms with Crippen LogP contribution in [0.2, 0.25) is 0 Å². The van der Waals surface area contributed by atoms with Crippen LogP contribution in [-0.2, 0) is 9.53 Å². The molecule has 150 valence electrons. The number of benzene rings is 1. The molecule has 1 aromatic carbocycles. The molecule has 0 heterocycles. The standard InChI is InChI=1S/C23H35NO3/c1-7-12-21(20(15-17-25)22(26)27-23(4,5)6)24(16-8-2)18(3)19-13-10-9-11-14-19/h7-14,18,20-21,25H,2,15-17H2,1,3-6H3/t18?,20-,21?/m0/s1. The van der Waals surface area contributed by atoms with Crippen molar-refractivity contribution in [2.24, 2.45) is 5.92 Å². The Kier molecular flexibility index (Phi) is 9.47. The average Bonchev–Trinajstić information content (AvgIpc) is 2.61. The van der Waals surface area contributed by atoms with Gasteiger partial charge in [-0.15, -0.1) is 6.58 Å². The van der Waals surface area contributed by atoms with Crippen molar-refractivity contribution >= 4 is 5.97 Å². The maximum Gasteiger partial charge on any atom is 0.311 e. The van der Waals surface area contributed by atoms with Gasteiger partial charge in [0.15, 0.2) is 0 Å². The summed E-state index contributed by atoms with van der Waals surface area (Å²) in [6.45, 7) is 14.1. The van der Waals surface area contributed by atoms with E-state index in [9.17, 15) is 9.90 Å². The second-order valence-electron chi connectivity index (χ2n) is 7.74. The van der Waals surface area contributed by atoms with Crippen LogP contribution in [0.25, 0.3) is 0 Å². The molecule has 4 nitrogen and oxygen atoms in total. The Morgan fingerprint density at radius 1 is 1.30 bits per heavy atom. The Bertz CT molecular complexity index is 604. The molecular weight excluding hydrogens is 338 g/mol. The van der Waals surface area contributed by atoms with Crippen LogP contribution in [0.3, 0.4) is 0 Å². The van der Waals surface area contributed by atoms with Gasteiger partial charge in [-0.3, -0.25) is 9.69 Å². The SMILES string of the molecule is C=CCN(C(C)c1ccccc1)C(C=CC)[C@H](CCO)C(=O)OC(C)(C)C. The van der Waals surface area contributed by atoms with E-state index in [2.05, 4.69) is 30.5 Å². The van der Waals surface area contributed by atoms with Crippen LogP contribution in [0.15, 0.2) is 55.1 Å². The molecule has 0 spiro atoms. The van der Waals surface area contributed by atoms with E-state index in [1.165, 1.54) is 5.56 Å². The fraction of sp³-hybridized carbons (Fsp3) is 0.522. The van der Waals surface area contributed by atoms with Gasteiger partial charge in [0.05, 0.1) is 5.92 Å². The Balaban J connectivity index is 3.27. The fourth-order valence-electron chi connectivity index (χ4n) is 3.23. The third kappa shape index (κ3) is 7.31. The van der Waals surface area contributed by atoms with Crippen molar-refractivity contribution in [3.05, 3.63) is 60.7 Å². The van der Waals surface area contributed by atoms with Crippen molar-refractivity contribution in [3.8, 4) is 0 Å². The van der Waals surface area contributed by atoms with Gasteiger partial charge < -0.3 is 9.84 Å². The minimum Gasteiger partial charge on any atom is -0.460 e. The van der Waals surface area contributed by atoms with Gasteiger partial charge in [-0.2, -0.15) is 0 Å². The lowest BCUT2D eigenvalue weighted by Crippen LogP contribution is -2.46. The van der Waals surface area contributed by atoms with Crippen LogP contribution in [0.5, 0.6) is 0 Å². The average molecular weight is 374 g/mol. The Hall–Kier alpha value is -1.91. The molecule has 0 radical (unpaired) electrons. The number of nitrogens with zero attached hydrogens (tertiary/aromatic N) is 1. The van der Waals surface area contributed by atoms with Crippen LogP contribution < -0.4 is 0 Å². The summed E-state index contributed by atoms with van der Waals surface area (Å²) in [5.74, 6) is -0.745. The van der Waals surface area contributed by atoms with Crippen LogP contribution >= 0.6 is 0 Å². The van der Waals surface area contributed by atoms with Crippen molar-refractivity contribution in [2.45, 2.75) is 58.7 Å². The molecule has 2 unspecified atom stereocenters. The third-order valence-corrected chi connectivity index (χ3v) is 4.45. The zero-order chi connectivity index (χ0) is 20.4. The van der Waals surface area contributed by atoms with Crippen LogP contribution in [0, 0.1) is 5.92 Å². The zero-order valence-corrected chi connectivity index (χ0v) is 17.4. The number of allylic oxidation sites excluding steroid dienone is 1. The molecule has 27 heavy (non-hydrogen) atoms. The first-order valence-corrected chi connectivity index (χ1v) is 9.63. The predicted molar refractivity (Wildman–Crippen MR) is 111 cm³/mol. The lowest BCUT2D eigenvalue weighted by Gasteiger charge is -2.38. The summed E-state index contributed by atoms with van der Waals surface area (Å²) in [5.41, 5.74) is 0.598. The molecule has 0 saturated heterocycles. The second kappa shape index (κ2) is 11.1. The molecule has 0 amide bonds. The van der Waals surface area contributed by atoms with Crippen molar-refractivity contribution in [2.75, 3.05) is 13.2 Å². The summed E-state index contributed by atoms with van der Waals surface area (Å²) in [5, 5.41) is 9.60. The van der Waals surface area contributed by atoms with Gasteiger partial charge in [0.2, 0.25) is 0 Å². The van der Waals surface area contributed by atoms with Gasteiger partial charge >= 0.3 is 5.97 Å². The van der Waals surface area contributed by atoms with E-state index in [0.29, 0.717) is 13.0 Å². The molecule has 3 atom stereocenters. The lowest BCUT2D eigenvalue weighted by atomic mass is 9.91. The summed E-state index contributed by atoms with van der Waals surface area (Å²) in [6, 6.07) is 10.1. The zero-order valence-electron chi connectivity index (χ0n) is 17.4. The highest BCUT2D eigenvalue weighted by Gasteiger charge is 2.35. The van der Waals surface area contributed by atoms with Crippen LogP contribution in [0.4, 0.5) is 0 Å². The quantitative estimate of drug-likeness (QED) is 0.484. The van der Waals surface area contributed by atoms with E-state index >= 15 is 0 Å². The molecule has 0 aliphatic rings. The summed E-state index contributed by atoms with van der Waals surface area (Å²) in [6.07, 6.45) is 6.17. The van der Waals surface area contributed by atoms with Gasteiger partial charge in [0.25, 0.3) is 0 Å². The van der Waals surface area contributed by atoms with Crippen molar-refractivity contribution in [1.29, 1.82) is 0 Å². The van der Waals surface area contributed by atoms with Gasteiger partial charge in [0, 0.05) is 25.2 Å². The molecule has 0 saturated carbocycles. The largest absolute Gasteiger partial charge is 0.460 e. The van der Waals surface area contributed by atoms with Crippen molar-refractivity contribution in [1.82, 2.24) is 4.90 Å². The number of esters is 1. The normalized spacial score (nSPS) is 15.5. The van der Waals surface area contributed by atoms with Gasteiger partial charge in [0.1, 0.15) is 5.60 Å². The highest BCUT2D eigenvalue weighted by Crippen LogP contribution is 2.29. The maximum absolute atomic E-state index is 12.9. The summed E-state index contributed by atoms with van der Waals surface area (Å²) >= 11 is 0. The first-order valence-electron chi connectivity index (χ1n) is 9.63. The van der Waals surface area contributed by atoms with E-state index in [1.807, 2.05) is 64.1 Å². The van der Waals surface area contributed by atoms with Gasteiger partial charge in [-0.1, -0.05) is 48.6 Å². The maximum atomic E-state index is 12.9. The van der Waals surface area contributed by atoms with Crippen molar-refractivity contribution < 1.29 is 14.6 Å². The van der Waals surface area contributed by atoms with Crippen LogP contribution in [0.1, 0.15) is 52.6 Å². The molecule has 0 bridgehead atoms. The minimum absolute atomic E-state index is 0.0698. The lowest BCUT2D eigenvalue weighted by molar-refractivity contribution is -0.162. The fourth-order valence-corrected chi connectivity index (χ4v) is 3.23. The summed E-state index contributed by atoms with van der Waals surface area (Å²) in [4.78, 5) is 15.1. The molecule has 0 aromatic heterocycles. The number of hydrogen-bond donors (Lipinski definition) is 1. The highest BCUT2D eigenvalue weighted by atomic mass is 16.6. The summed E-state index contributed by atoms with van der Waals surface area (Å²) in [7, 11) is 0. The van der Waals surface area contributed by atoms with E-state index in [-0.39, 0.29) is 24.7 Å². The van der Waals surface area contributed by atoms with Crippen LogP contribution in [-0.4, -0.2) is 40.8 Å². The Morgan fingerprint density at radius 3 is 2.41 bits per heavy atom. The smallest absolute Gasteiger partial charge is 0.311 e. The number of ether oxygens (including phenoxy) is 1. The minimum atomic E-state index is -0.570. The van der Waals surface area contributed by atoms with E-state index < -0.39 is 11.5 Å². The number of aliphatic hydroxyl groups is 1. The number of carbonyl (C=O) groups is 1. The molecule has 4 heteroatoms. The van der Waals surface area contributed by atoms with E-state index in [0.717, 1.165) is 0 Å². The van der Waals surface area contributed by atoms with E-state index in [4.69, 9.17) is 4.74 Å². The third-order valence-electron chi connectivity index (χ3n) is 4.45. The predicted octanol–water partition coefficient (Wildman–Crippen LogP) is 4.52. The molecular formula is C23H35NO3. The second-order valence-corrected chi connectivity index (χ2v) is 7.74. The highest BCUT2D eigenvalue weighted by molar-refractivity contribution is 5.74. The van der Waals surface area contributed by atoms with Crippen molar-refractivity contribution in [3.63, 3.8) is 0 Å². The molecule has 0 aliphatic heterocycles. The number of rotatable bonds is 10. The Morgan fingerprint density at radius 2 is 1.93 bits per heavy atom. The number of aliphatic hydroxyl groups excluding tert-OH is 1. The summed E-state index contributed by atoms with van der Waals surface area (Å²) < 4.78 is 5.66. The van der Waals surface area contributed by atoms with E-state index in [1.54, 1.807) is 0 Å². The molecule has 1 N–H and O–H groups in total. The molecule has 0 aliphatic carbocycles. The first-order chi connectivity index (χ1) is 12.7.